The van der Waals surface area contributed by atoms with Gasteiger partial charge in [0.25, 0.3) is 5.91 Å². The molecule has 1 saturated carbocycles. The summed E-state index contributed by atoms with van der Waals surface area (Å²) >= 11 is 13.3. The van der Waals surface area contributed by atoms with Gasteiger partial charge < -0.3 is 20.9 Å². The zero-order valence-electron chi connectivity index (χ0n) is 27.9. The fourth-order valence-corrected chi connectivity index (χ4v) is 6.64. The van der Waals surface area contributed by atoms with Gasteiger partial charge in [-0.15, -0.1) is 0 Å². The number of hydrogen-bond acceptors (Lipinski definition) is 6. The first-order valence-corrected chi connectivity index (χ1v) is 17.0. The number of alkyl halides is 3. The molecule has 9 nitrogen and oxygen atoms in total. The van der Waals surface area contributed by atoms with Gasteiger partial charge in [-0.3, -0.25) is 14.2 Å². The quantitative estimate of drug-likeness (QED) is 0.159. The largest absolute Gasteiger partial charge is 0.391 e. The molecule has 1 aliphatic carbocycles. The number of hydrogen-bond donors (Lipinski definition) is 3. The molecule has 2 aromatic heterocycles. The summed E-state index contributed by atoms with van der Waals surface area (Å²) in [5.41, 5.74) is 1.31. The van der Waals surface area contributed by atoms with Crippen molar-refractivity contribution in [2.45, 2.75) is 64.7 Å². The van der Waals surface area contributed by atoms with Gasteiger partial charge >= 0.3 is 6.18 Å². The summed E-state index contributed by atoms with van der Waals surface area (Å²) in [6.07, 6.45) is -3.29. The van der Waals surface area contributed by atoms with E-state index in [0.29, 0.717) is 40.3 Å². The Morgan fingerprint density at radius 3 is 2.26 bits per heavy atom. The van der Waals surface area contributed by atoms with Gasteiger partial charge in [0, 0.05) is 32.1 Å². The average molecular weight is 735 g/mol. The summed E-state index contributed by atoms with van der Waals surface area (Å²) in [5, 5.41) is 9.70. The molecule has 0 bridgehead atoms. The van der Waals surface area contributed by atoms with Crippen molar-refractivity contribution in [1.82, 2.24) is 25.2 Å². The molecule has 2 aromatic carbocycles. The molecule has 4 aromatic rings. The highest BCUT2D eigenvalue weighted by molar-refractivity contribution is 6.39. The molecule has 2 aliphatic rings. The molecule has 0 atom stereocenters. The zero-order valence-corrected chi connectivity index (χ0v) is 29.5. The SMILES string of the molecule is Cn1c(Nc2c(Cl)ccc(CNC(=O)C(C)(C)C)c2Cl)nc2cc(C(=O)NC3(c4ccc(F)cc4)CC3)c(N3CCC(C(F)(F)F)CC3)nc21. The molecule has 0 unspecified atom stereocenters. The lowest BCUT2D eigenvalue weighted by molar-refractivity contribution is -0.179. The number of imidazole rings is 1. The molecule has 2 amide bonds. The molecular formula is C35H37Cl2F4N7O2. The van der Waals surface area contributed by atoms with Crippen LogP contribution in [0.15, 0.2) is 42.5 Å². The van der Waals surface area contributed by atoms with Crippen molar-refractivity contribution >= 4 is 63.6 Å². The van der Waals surface area contributed by atoms with Gasteiger partial charge in [0.15, 0.2) is 5.65 Å². The van der Waals surface area contributed by atoms with Gasteiger partial charge in [0.1, 0.15) is 17.2 Å². The molecule has 0 radical (unpaired) electrons. The maximum absolute atomic E-state index is 14.0. The van der Waals surface area contributed by atoms with Crippen molar-refractivity contribution in [3.05, 3.63) is 75.0 Å². The third-order valence-corrected chi connectivity index (χ3v) is 10.1. The second-order valence-corrected chi connectivity index (χ2v) is 14.8. The number of pyridine rings is 1. The number of carbonyl (C=O) groups excluding carboxylic acids is 2. The predicted octanol–water partition coefficient (Wildman–Crippen LogP) is 8.02. The summed E-state index contributed by atoms with van der Waals surface area (Å²) < 4.78 is 55.9. The van der Waals surface area contributed by atoms with E-state index in [4.69, 9.17) is 33.2 Å². The van der Waals surface area contributed by atoms with E-state index in [1.807, 2.05) is 0 Å². The Balaban J connectivity index is 1.34. The Morgan fingerprint density at radius 2 is 1.66 bits per heavy atom. The van der Waals surface area contributed by atoms with E-state index in [2.05, 4.69) is 16.0 Å². The maximum Gasteiger partial charge on any atom is 0.391 e. The number of benzene rings is 2. The first kappa shape index (κ1) is 35.7. The first-order valence-electron chi connectivity index (χ1n) is 16.3. The highest BCUT2D eigenvalue weighted by Crippen LogP contribution is 2.46. The van der Waals surface area contributed by atoms with Crippen LogP contribution in [-0.4, -0.2) is 45.6 Å². The standard InChI is InChI=1S/C35H37Cl2F4N7O2/c1-33(2,3)31(50)42-18-19-5-10-24(36)27(26(19)37)44-32-43-25-17-23(30(49)46-34(13-14-34)20-6-8-22(38)9-7-20)28(45-29(25)47(32)4)48-15-11-21(12-16-48)35(39,40)41/h5-10,17,21H,11-16,18H2,1-4H3,(H,42,50)(H,43,44)(H,46,49). The number of anilines is 3. The van der Waals surface area contributed by atoms with Crippen LogP contribution in [-0.2, 0) is 23.9 Å². The number of fused-ring (bicyclic) bond motifs is 1. The summed E-state index contributed by atoms with van der Waals surface area (Å²) in [6, 6.07) is 10.9. The zero-order chi connectivity index (χ0) is 36.2. The maximum atomic E-state index is 14.0. The number of carbonyl (C=O) groups is 2. The Morgan fingerprint density at radius 1 is 1.00 bits per heavy atom. The van der Waals surface area contributed by atoms with Crippen LogP contribution in [0.5, 0.6) is 0 Å². The van der Waals surface area contributed by atoms with E-state index in [0.717, 1.165) is 5.56 Å². The van der Waals surface area contributed by atoms with Crippen LogP contribution in [0, 0.1) is 17.2 Å². The molecule has 266 valence electrons. The van der Waals surface area contributed by atoms with Crippen molar-refractivity contribution in [3.63, 3.8) is 0 Å². The second-order valence-electron chi connectivity index (χ2n) is 14.0. The third-order valence-electron chi connectivity index (χ3n) is 9.35. The molecule has 2 fully saturated rings. The smallest absolute Gasteiger partial charge is 0.356 e. The lowest BCUT2D eigenvalue weighted by atomic mass is 9.95. The molecule has 1 aliphatic heterocycles. The molecule has 15 heteroatoms. The van der Waals surface area contributed by atoms with Crippen molar-refractivity contribution in [2.24, 2.45) is 18.4 Å². The Bertz CT molecular complexity index is 1950. The first-order chi connectivity index (χ1) is 23.5. The third kappa shape index (κ3) is 7.20. The van der Waals surface area contributed by atoms with E-state index < -0.39 is 34.8 Å². The summed E-state index contributed by atoms with van der Waals surface area (Å²) in [7, 11) is 1.70. The lowest BCUT2D eigenvalue weighted by Gasteiger charge is -2.34. The number of aryl methyl sites for hydroxylation is 1. The molecule has 1 saturated heterocycles. The van der Waals surface area contributed by atoms with Crippen molar-refractivity contribution in [3.8, 4) is 0 Å². The highest BCUT2D eigenvalue weighted by atomic mass is 35.5. The minimum absolute atomic E-state index is 0.0544. The number of nitrogens with one attached hydrogen (secondary N) is 3. The number of piperidine rings is 1. The van der Waals surface area contributed by atoms with Crippen molar-refractivity contribution < 1.29 is 27.2 Å². The molecule has 6 rings (SSSR count). The van der Waals surface area contributed by atoms with Crippen LogP contribution >= 0.6 is 23.2 Å². The van der Waals surface area contributed by atoms with Crippen LogP contribution < -0.4 is 20.9 Å². The van der Waals surface area contributed by atoms with Gasteiger partial charge in [0.2, 0.25) is 11.9 Å². The molecule has 50 heavy (non-hydrogen) atoms. The molecule has 3 N–H and O–H groups in total. The Kier molecular flexibility index (Phi) is 9.44. The fourth-order valence-electron chi connectivity index (χ4n) is 6.10. The minimum Gasteiger partial charge on any atom is -0.356 e. The van der Waals surface area contributed by atoms with Crippen LogP contribution in [0.3, 0.4) is 0 Å². The summed E-state index contributed by atoms with van der Waals surface area (Å²) in [6.45, 7) is 5.69. The summed E-state index contributed by atoms with van der Waals surface area (Å²) in [5.74, 6) is -1.92. The van der Waals surface area contributed by atoms with Gasteiger partial charge in [-0.2, -0.15) is 13.2 Å². The number of halogens is 6. The number of nitrogens with zero attached hydrogens (tertiary/aromatic N) is 4. The topological polar surface area (TPSA) is 104 Å². The normalized spacial score (nSPS) is 16.4. The van der Waals surface area contributed by atoms with Crippen LogP contribution in [0.2, 0.25) is 10.0 Å². The van der Waals surface area contributed by atoms with Crippen LogP contribution in [0.25, 0.3) is 11.2 Å². The molecule has 0 spiro atoms. The van der Waals surface area contributed by atoms with Crippen LogP contribution in [0.1, 0.15) is 67.9 Å². The van der Waals surface area contributed by atoms with Crippen LogP contribution in [0.4, 0.5) is 35.0 Å². The fraction of sp³-hybridized carbons (Fsp3) is 0.429. The number of aromatic nitrogens is 3. The van der Waals surface area contributed by atoms with E-state index >= 15 is 0 Å². The predicted molar refractivity (Wildman–Crippen MR) is 185 cm³/mol. The van der Waals surface area contributed by atoms with Gasteiger partial charge in [-0.05, 0) is 61.1 Å². The van der Waals surface area contributed by atoms with E-state index in [1.165, 1.54) is 12.1 Å². The van der Waals surface area contributed by atoms with E-state index in [9.17, 15) is 27.2 Å². The Hall–Kier alpha value is -4.10. The second kappa shape index (κ2) is 13.2. The number of rotatable bonds is 8. The molecule has 3 heterocycles. The average Bonchev–Trinajstić information content (AvgIpc) is 3.77. The van der Waals surface area contributed by atoms with Gasteiger partial charge in [-0.25, -0.2) is 14.4 Å². The van der Waals surface area contributed by atoms with Crippen molar-refractivity contribution in [2.75, 3.05) is 23.3 Å². The monoisotopic (exact) mass is 733 g/mol. The lowest BCUT2D eigenvalue weighted by Crippen LogP contribution is -2.41. The Labute approximate surface area is 296 Å². The highest BCUT2D eigenvalue weighted by Gasteiger charge is 2.47. The van der Waals surface area contributed by atoms with Gasteiger partial charge in [0.05, 0.1) is 32.8 Å². The van der Waals surface area contributed by atoms with Crippen molar-refractivity contribution in [1.29, 1.82) is 0 Å². The number of amides is 2. The summed E-state index contributed by atoms with van der Waals surface area (Å²) in [4.78, 5) is 37.7. The molecular weight excluding hydrogens is 697 g/mol. The van der Waals surface area contributed by atoms with E-state index in [1.54, 1.807) is 67.6 Å². The van der Waals surface area contributed by atoms with E-state index in [-0.39, 0.29) is 60.7 Å². The minimum atomic E-state index is -4.31. The van der Waals surface area contributed by atoms with Gasteiger partial charge in [-0.1, -0.05) is 62.2 Å².